The number of hydrogen-bond acceptors (Lipinski definition) is 2. The molecule has 2 aromatic rings. The monoisotopic (exact) mass is 395 g/mol. The molecule has 156 valence electrons. The molecule has 1 aromatic heterocycles. The number of aromatic nitrogens is 1. The minimum atomic E-state index is -0.410. The number of benzene rings is 1. The van der Waals surface area contributed by atoms with Gasteiger partial charge in [0, 0.05) is 36.4 Å². The Kier molecular flexibility index (Phi) is 5.87. The van der Waals surface area contributed by atoms with Crippen molar-refractivity contribution in [2.75, 3.05) is 13.1 Å². The predicted molar refractivity (Wildman–Crippen MR) is 115 cm³/mol. The molecule has 5 heteroatoms. The first-order chi connectivity index (χ1) is 13.6. The second-order valence-corrected chi connectivity index (χ2v) is 9.28. The van der Waals surface area contributed by atoms with Gasteiger partial charge in [0.25, 0.3) is 0 Å². The predicted octanol–water partition coefficient (Wildman–Crippen LogP) is 4.01. The zero-order valence-electron chi connectivity index (χ0n) is 18.5. The van der Waals surface area contributed by atoms with E-state index in [4.69, 9.17) is 0 Å². The van der Waals surface area contributed by atoms with Crippen molar-refractivity contribution in [3.05, 3.63) is 59.4 Å². The Balaban J connectivity index is 1.93. The van der Waals surface area contributed by atoms with E-state index in [0.717, 1.165) is 17.8 Å². The number of fused-ring (bicyclic) bond motifs is 1. The Morgan fingerprint density at radius 1 is 1.10 bits per heavy atom. The summed E-state index contributed by atoms with van der Waals surface area (Å²) < 4.78 is 2.22. The molecule has 0 aliphatic carbocycles. The van der Waals surface area contributed by atoms with Gasteiger partial charge in [0.1, 0.15) is 6.54 Å². The number of carbonyl (C=O) groups is 2. The van der Waals surface area contributed by atoms with Gasteiger partial charge in [-0.25, -0.2) is 0 Å². The maximum absolute atomic E-state index is 13.5. The summed E-state index contributed by atoms with van der Waals surface area (Å²) in [6.07, 6.45) is 2.07. The van der Waals surface area contributed by atoms with Gasteiger partial charge < -0.3 is 14.4 Å². The lowest BCUT2D eigenvalue weighted by Crippen LogP contribution is -2.54. The molecule has 0 saturated carbocycles. The van der Waals surface area contributed by atoms with Gasteiger partial charge in [-0.1, -0.05) is 43.7 Å². The fourth-order valence-corrected chi connectivity index (χ4v) is 3.93. The SMILES string of the molecule is Cc1ccc([C@@H]2c3cccn3CCN2C(=O)CN(C(=O)C(C)C)C(C)(C)C)cc1. The number of aryl methyl sites for hydroxylation is 1. The topological polar surface area (TPSA) is 45.6 Å². The number of nitrogens with zero attached hydrogens (tertiary/aromatic N) is 3. The van der Waals surface area contributed by atoms with E-state index in [1.165, 1.54) is 5.56 Å². The van der Waals surface area contributed by atoms with Crippen molar-refractivity contribution in [3.8, 4) is 0 Å². The van der Waals surface area contributed by atoms with E-state index >= 15 is 0 Å². The summed E-state index contributed by atoms with van der Waals surface area (Å²) >= 11 is 0. The molecular weight excluding hydrogens is 362 g/mol. The third kappa shape index (κ3) is 4.39. The summed E-state index contributed by atoms with van der Waals surface area (Å²) in [7, 11) is 0. The highest BCUT2D eigenvalue weighted by Crippen LogP contribution is 2.33. The molecule has 2 heterocycles. The van der Waals surface area contributed by atoms with E-state index in [9.17, 15) is 9.59 Å². The summed E-state index contributed by atoms with van der Waals surface area (Å²) in [5.41, 5.74) is 3.00. The quantitative estimate of drug-likeness (QED) is 0.785. The maximum Gasteiger partial charge on any atom is 0.243 e. The van der Waals surface area contributed by atoms with Crippen molar-refractivity contribution >= 4 is 11.8 Å². The lowest BCUT2D eigenvalue weighted by molar-refractivity contribution is -0.148. The van der Waals surface area contributed by atoms with Crippen LogP contribution in [-0.2, 0) is 16.1 Å². The maximum atomic E-state index is 13.5. The molecule has 0 unspecified atom stereocenters. The summed E-state index contributed by atoms with van der Waals surface area (Å²) in [5.74, 6) is -0.140. The molecule has 0 spiro atoms. The third-order valence-corrected chi connectivity index (χ3v) is 5.61. The van der Waals surface area contributed by atoms with Crippen molar-refractivity contribution in [2.45, 2.75) is 59.7 Å². The smallest absolute Gasteiger partial charge is 0.243 e. The molecule has 3 rings (SSSR count). The highest BCUT2D eigenvalue weighted by atomic mass is 16.2. The summed E-state index contributed by atoms with van der Waals surface area (Å²) in [5, 5.41) is 0. The van der Waals surface area contributed by atoms with Crippen LogP contribution in [0.3, 0.4) is 0 Å². The molecular formula is C24H33N3O2. The Morgan fingerprint density at radius 2 is 1.76 bits per heavy atom. The molecule has 0 N–H and O–H groups in total. The van der Waals surface area contributed by atoms with Gasteiger partial charge in [0.05, 0.1) is 6.04 Å². The Hall–Kier alpha value is -2.56. The van der Waals surface area contributed by atoms with Crippen LogP contribution < -0.4 is 0 Å². The van der Waals surface area contributed by atoms with E-state index in [1.807, 2.05) is 45.6 Å². The summed E-state index contributed by atoms with van der Waals surface area (Å²) in [4.78, 5) is 30.0. The van der Waals surface area contributed by atoms with Crippen LogP contribution in [0.2, 0.25) is 0 Å². The van der Waals surface area contributed by atoms with Crippen LogP contribution in [0, 0.1) is 12.8 Å². The highest BCUT2D eigenvalue weighted by molar-refractivity contribution is 5.86. The minimum Gasteiger partial charge on any atom is -0.348 e. The molecule has 1 aliphatic heterocycles. The zero-order chi connectivity index (χ0) is 21.3. The molecule has 5 nitrogen and oxygen atoms in total. The van der Waals surface area contributed by atoms with Crippen molar-refractivity contribution in [1.29, 1.82) is 0 Å². The highest BCUT2D eigenvalue weighted by Gasteiger charge is 2.36. The van der Waals surface area contributed by atoms with Crippen LogP contribution in [-0.4, -0.2) is 44.8 Å². The molecule has 29 heavy (non-hydrogen) atoms. The van der Waals surface area contributed by atoms with E-state index in [1.54, 1.807) is 4.90 Å². The normalized spacial score (nSPS) is 16.7. The van der Waals surface area contributed by atoms with Crippen LogP contribution in [0.5, 0.6) is 0 Å². The molecule has 1 aliphatic rings. The van der Waals surface area contributed by atoms with Gasteiger partial charge in [-0.3, -0.25) is 9.59 Å². The van der Waals surface area contributed by atoms with Crippen molar-refractivity contribution < 1.29 is 9.59 Å². The number of amides is 2. The minimum absolute atomic E-state index is 0.00745. The van der Waals surface area contributed by atoms with Crippen LogP contribution in [0.1, 0.15) is 57.5 Å². The second-order valence-electron chi connectivity index (χ2n) is 9.28. The Labute approximate surface area is 174 Å². The molecule has 0 bridgehead atoms. The molecule has 2 amide bonds. The van der Waals surface area contributed by atoms with E-state index < -0.39 is 5.54 Å². The van der Waals surface area contributed by atoms with Crippen molar-refractivity contribution in [2.24, 2.45) is 5.92 Å². The van der Waals surface area contributed by atoms with Gasteiger partial charge in [-0.15, -0.1) is 0 Å². The number of rotatable bonds is 4. The van der Waals surface area contributed by atoms with Crippen LogP contribution in [0.4, 0.5) is 0 Å². The van der Waals surface area contributed by atoms with Gasteiger partial charge >= 0.3 is 0 Å². The zero-order valence-corrected chi connectivity index (χ0v) is 18.5. The summed E-state index contributed by atoms with van der Waals surface area (Å²) in [6.45, 7) is 13.3. The van der Waals surface area contributed by atoms with Gasteiger partial charge in [0.15, 0.2) is 0 Å². The lowest BCUT2D eigenvalue weighted by Gasteiger charge is -2.41. The first-order valence-electron chi connectivity index (χ1n) is 10.4. The van der Waals surface area contributed by atoms with E-state index in [-0.39, 0.29) is 30.3 Å². The fourth-order valence-electron chi connectivity index (χ4n) is 3.93. The number of carbonyl (C=O) groups excluding carboxylic acids is 2. The van der Waals surface area contributed by atoms with E-state index in [0.29, 0.717) is 6.54 Å². The number of hydrogen-bond donors (Lipinski definition) is 0. The average molecular weight is 396 g/mol. The third-order valence-electron chi connectivity index (χ3n) is 5.61. The molecule has 1 atom stereocenters. The van der Waals surface area contributed by atoms with E-state index in [2.05, 4.69) is 48.0 Å². The van der Waals surface area contributed by atoms with Gasteiger partial charge in [0.2, 0.25) is 11.8 Å². The standard InChI is InChI=1S/C24H33N3O2/c1-17(2)23(29)27(24(4,5)6)16-21(28)26-15-14-25-13-7-8-20(25)22(26)19-11-9-18(3)10-12-19/h7-13,17,22H,14-16H2,1-6H3/t22-/m1/s1. The van der Waals surface area contributed by atoms with Crippen LogP contribution in [0.25, 0.3) is 0 Å². The average Bonchev–Trinajstić information content (AvgIpc) is 3.13. The Bertz CT molecular complexity index is 874. The van der Waals surface area contributed by atoms with Gasteiger partial charge in [-0.05, 0) is 45.4 Å². The molecule has 1 aromatic carbocycles. The molecule has 0 saturated heterocycles. The van der Waals surface area contributed by atoms with Crippen molar-refractivity contribution in [3.63, 3.8) is 0 Å². The lowest BCUT2D eigenvalue weighted by atomic mass is 9.98. The van der Waals surface area contributed by atoms with Crippen LogP contribution in [0.15, 0.2) is 42.6 Å². The van der Waals surface area contributed by atoms with Crippen molar-refractivity contribution in [1.82, 2.24) is 14.4 Å². The Morgan fingerprint density at radius 3 is 2.34 bits per heavy atom. The van der Waals surface area contributed by atoms with Gasteiger partial charge in [-0.2, -0.15) is 0 Å². The largest absolute Gasteiger partial charge is 0.348 e. The first kappa shape index (κ1) is 21.2. The fraction of sp³-hybridized carbons (Fsp3) is 0.500. The molecule has 0 fully saturated rings. The molecule has 0 radical (unpaired) electrons. The van der Waals surface area contributed by atoms with Crippen LogP contribution >= 0.6 is 0 Å². The summed E-state index contributed by atoms with van der Waals surface area (Å²) in [6, 6.07) is 12.4. The first-order valence-corrected chi connectivity index (χ1v) is 10.4. The second kappa shape index (κ2) is 8.05.